The van der Waals surface area contributed by atoms with Crippen molar-refractivity contribution in [2.45, 2.75) is 63.2 Å². The highest BCUT2D eigenvalue weighted by Crippen LogP contribution is 2.32. The first-order valence-electron chi connectivity index (χ1n) is 9.93. The molecule has 1 atom stereocenters. The monoisotopic (exact) mass is 385 g/mol. The van der Waals surface area contributed by atoms with Crippen LogP contribution in [0.4, 0.5) is 0 Å². The maximum atomic E-state index is 12.3. The summed E-state index contributed by atoms with van der Waals surface area (Å²) in [7, 11) is 0. The van der Waals surface area contributed by atoms with Crippen LogP contribution in [0, 0.1) is 0 Å². The van der Waals surface area contributed by atoms with E-state index in [0.29, 0.717) is 30.2 Å². The average Bonchev–Trinajstić information content (AvgIpc) is 3.39. The summed E-state index contributed by atoms with van der Waals surface area (Å²) in [6.07, 6.45) is 5.48. The van der Waals surface area contributed by atoms with Gasteiger partial charge in [-0.1, -0.05) is 55.3 Å². The Hall–Kier alpha value is -2.70. The lowest BCUT2D eigenvalue weighted by Crippen LogP contribution is -2.46. The van der Waals surface area contributed by atoms with Crippen molar-refractivity contribution >= 4 is 11.9 Å². The van der Waals surface area contributed by atoms with Crippen molar-refractivity contribution in [2.75, 3.05) is 6.54 Å². The Morgan fingerprint density at radius 1 is 1.25 bits per heavy atom. The molecule has 0 aliphatic heterocycles. The molecule has 2 aromatic rings. The van der Waals surface area contributed by atoms with Crippen molar-refractivity contribution in [1.29, 1.82) is 0 Å². The molecule has 1 amide bonds. The van der Waals surface area contributed by atoms with Crippen LogP contribution in [0.2, 0.25) is 0 Å². The number of aryl methyl sites for hydroxylation is 1. The zero-order valence-corrected chi connectivity index (χ0v) is 16.2. The Morgan fingerprint density at radius 2 is 1.96 bits per heavy atom. The van der Waals surface area contributed by atoms with Crippen LogP contribution in [0.15, 0.2) is 34.9 Å². The lowest BCUT2D eigenvalue weighted by Gasteiger charge is -2.29. The number of hydrogen-bond donors (Lipinski definition) is 2. The minimum absolute atomic E-state index is 0.0405. The van der Waals surface area contributed by atoms with E-state index in [-0.39, 0.29) is 18.9 Å². The Bertz CT molecular complexity index is 799. The third kappa shape index (κ3) is 4.40. The van der Waals surface area contributed by atoms with Gasteiger partial charge >= 0.3 is 5.97 Å². The van der Waals surface area contributed by atoms with E-state index in [2.05, 4.69) is 15.5 Å². The second-order valence-electron chi connectivity index (χ2n) is 7.41. The fourth-order valence-corrected chi connectivity index (χ4v) is 3.82. The number of nitrogens with one attached hydrogen (secondary N) is 1. The van der Waals surface area contributed by atoms with Crippen LogP contribution in [-0.2, 0) is 21.4 Å². The molecule has 1 aliphatic carbocycles. The zero-order valence-electron chi connectivity index (χ0n) is 16.2. The first-order chi connectivity index (χ1) is 13.5. The minimum atomic E-state index is -1.14. The fraction of sp³-hybridized carbons (Fsp3) is 0.524. The van der Waals surface area contributed by atoms with Gasteiger partial charge in [0.1, 0.15) is 5.41 Å². The van der Waals surface area contributed by atoms with Crippen LogP contribution in [0.25, 0.3) is 0 Å². The molecule has 1 aromatic heterocycles. The van der Waals surface area contributed by atoms with Gasteiger partial charge in [-0.25, -0.2) is 0 Å². The van der Waals surface area contributed by atoms with Crippen molar-refractivity contribution in [1.82, 2.24) is 15.5 Å². The van der Waals surface area contributed by atoms with Gasteiger partial charge in [-0.15, -0.1) is 0 Å². The quantitative estimate of drug-likeness (QED) is 0.687. The number of carboxylic acid groups (broad SMARTS) is 1. The van der Waals surface area contributed by atoms with E-state index in [9.17, 15) is 14.7 Å². The molecule has 0 saturated heterocycles. The third-order valence-corrected chi connectivity index (χ3v) is 5.70. The van der Waals surface area contributed by atoms with E-state index >= 15 is 0 Å². The van der Waals surface area contributed by atoms with Crippen LogP contribution in [0.5, 0.6) is 0 Å². The number of nitrogens with zero attached hydrogens (tertiary/aromatic N) is 2. The van der Waals surface area contributed by atoms with Gasteiger partial charge in [0.2, 0.25) is 11.8 Å². The predicted molar refractivity (Wildman–Crippen MR) is 103 cm³/mol. The number of aromatic nitrogens is 2. The van der Waals surface area contributed by atoms with Crippen molar-refractivity contribution in [3.8, 4) is 0 Å². The molecule has 2 N–H and O–H groups in total. The third-order valence-electron chi connectivity index (χ3n) is 5.70. The number of amides is 1. The predicted octanol–water partition coefficient (Wildman–Crippen LogP) is 3.21. The molecular weight excluding hydrogens is 358 g/mol. The molecule has 1 unspecified atom stereocenters. The average molecular weight is 385 g/mol. The molecule has 7 nitrogen and oxygen atoms in total. The Kier molecular flexibility index (Phi) is 6.44. The van der Waals surface area contributed by atoms with E-state index in [1.807, 2.05) is 25.1 Å². The molecule has 0 bridgehead atoms. The van der Waals surface area contributed by atoms with Gasteiger partial charge in [-0.05, 0) is 24.8 Å². The molecule has 150 valence electrons. The lowest BCUT2D eigenvalue weighted by molar-refractivity contribution is -0.144. The summed E-state index contributed by atoms with van der Waals surface area (Å²) in [5, 5.41) is 16.6. The van der Waals surface area contributed by atoms with Gasteiger partial charge in [0.25, 0.3) is 0 Å². The fourth-order valence-electron chi connectivity index (χ4n) is 3.82. The summed E-state index contributed by atoms with van der Waals surface area (Å²) >= 11 is 0. The zero-order chi connectivity index (χ0) is 20.0. The Labute approximate surface area is 164 Å². The number of hydrogen-bond acceptors (Lipinski definition) is 5. The Balaban J connectivity index is 1.56. The van der Waals surface area contributed by atoms with Crippen LogP contribution in [0.3, 0.4) is 0 Å². The van der Waals surface area contributed by atoms with Crippen LogP contribution in [0.1, 0.15) is 68.6 Å². The van der Waals surface area contributed by atoms with Gasteiger partial charge in [0.15, 0.2) is 5.82 Å². The SMILES string of the molecule is CCC(CNC(=O)CCc1nc(C2CCCC2)no1)(C(=O)O)c1ccccc1. The summed E-state index contributed by atoms with van der Waals surface area (Å²) < 4.78 is 5.27. The number of benzene rings is 1. The molecule has 1 aliphatic rings. The molecule has 1 aromatic carbocycles. The highest BCUT2D eigenvalue weighted by molar-refractivity contribution is 5.83. The molecule has 0 spiro atoms. The highest BCUT2D eigenvalue weighted by Gasteiger charge is 2.38. The largest absolute Gasteiger partial charge is 0.481 e. The number of rotatable bonds is 9. The first-order valence-corrected chi connectivity index (χ1v) is 9.93. The minimum Gasteiger partial charge on any atom is -0.481 e. The summed E-state index contributed by atoms with van der Waals surface area (Å²) in [6.45, 7) is 1.86. The van der Waals surface area contributed by atoms with Gasteiger partial charge in [-0.2, -0.15) is 4.98 Å². The van der Waals surface area contributed by atoms with E-state index in [4.69, 9.17) is 4.52 Å². The normalized spacial score (nSPS) is 16.6. The van der Waals surface area contributed by atoms with Crippen LogP contribution < -0.4 is 5.32 Å². The van der Waals surface area contributed by atoms with E-state index in [0.717, 1.165) is 18.7 Å². The van der Waals surface area contributed by atoms with Crippen molar-refractivity contribution in [2.24, 2.45) is 0 Å². The second kappa shape index (κ2) is 8.99. The van der Waals surface area contributed by atoms with Gasteiger partial charge in [0, 0.05) is 25.3 Å². The lowest BCUT2D eigenvalue weighted by atomic mass is 9.78. The number of carbonyl (C=O) groups is 2. The van der Waals surface area contributed by atoms with E-state index in [1.165, 1.54) is 12.8 Å². The molecule has 3 rings (SSSR count). The Morgan fingerprint density at radius 3 is 2.61 bits per heavy atom. The van der Waals surface area contributed by atoms with Crippen LogP contribution >= 0.6 is 0 Å². The summed E-state index contributed by atoms with van der Waals surface area (Å²) in [4.78, 5) is 28.7. The smallest absolute Gasteiger partial charge is 0.315 e. The van der Waals surface area contributed by atoms with E-state index < -0.39 is 11.4 Å². The van der Waals surface area contributed by atoms with Gasteiger partial charge in [-0.3, -0.25) is 9.59 Å². The molecule has 1 heterocycles. The number of carboxylic acids is 1. The standard InChI is InChI=1S/C21H27N3O4/c1-2-21(20(26)27,16-10-4-3-5-11-16)14-22-17(25)12-13-18-23-19(24-28-18)15-8-6-7-9-15/h3-5,10-11,15H,2,6-9,12-14H2,1H3,(H,22,25)(H,26,27). The molecule has 7 heteroatoms. The second-order valence-corrected chi connectivity index (χ2v) is 7.41. The van der Waals surface area contributed by atoms with E-state index in [1.54, 1.807) is 12.1 Å². The highest BCUT2D eigenvalue weighted by atomic mass is 16.5. The van der Waals surface area contributed by atoms with Crippen molar-refractivity contribution in [3.63, 3.8) is 0 Å². The topological polar surface area (TPSA) is 105 Å². The molecule has 28 heavy (non-hydrogen) atoms. The summed E-state index contributed by atoms with van der Waals surface area (Å²) in [5.41, 5.74) is -0.458. The van der Waals surface area contributed by atoms with Crippen LogP contribution in [-0.4, -0.2) is 33.7 Å². The maximum absolute atomic E-state index is 12.3. The summed E-state index contributed by atoms with van der Waals surface area (Å²) in [5.74, 6) is 0.404. The summed E-state index contributed by atoms with van der Waals surface area (Å²) in [6, 6.07) is 9.03. The number of aliphatic carboxylic acids is 1. The number of carbonyl (C=O) groups excluding carboxylic acids is 1. The van der Waals surface area contributed by atoms with Gasteiger partial charge in [0.05, 0.1) is 0 Å². The molecule has 0 radical (unpaired) electrons. The molecule has 1 saturated carbocycles. The molecule has 1 fully saturated rings. The van der Waals surface area contributed by atoms with Crippen molar-refractivity contribution < 1.29 is 19.2 Å². The first kappa shape index (κ1) is 20.0. The molecular formula is C21H27N3O4. The van der Waals surface area contributed by atoms with Gasteiger partial charge < -0.3 is 14.9 Å². The maximum Gasteiger partial charge on any atom is 0.315 e. The van der Waals surface area contributed by atoms with Crippen molar-refractivity contribution in [3.05, 3.63) is 47.6 Å².